The number of carbonyl (C=O) groups is 1. The van der Waals surface area contributed by atoms with Gasteiger partial charge in [-0.25, -0.2) is 4.68 Å². The number of nitrogens with one attached hydrogen (secondary N) is 1. The number of ether oxygens (including phenoxy) is 1. The molecule has 1 N–H and O–H groups in total. The first-order valence-electron chi connectivity index (χ1n) is 8.56. The first-order chi connectivity index (χ1) is 12.0. The van der Waals surface area contributed by atoms with Crippen LogP contribution in [0.15, 0.2) is 18.2 Å². The van der Waals surface area contributed by atoms with E-state index in [2.05, 4.69) is 22.6 Å². The number of hydrogen-bond acceptors (Lipinski definition) is 4. The van der Waals surface area contributed by atoms with Crippen LogP contribution in [0.5, 0.6) is 5.75 Å². The second-order valence-electron chi connectivity index (χ2n) is 6.68. The van der Waals surface area contributed by atoms with Crippen LogP contribution in [0.2, 0.25) is 5.02 Å². The van der Waals surface area contributed by atoms with Gasteiger partial charge in [0.1, 0.15) is 11.4 Å². The number of carbonyl (C=O) groups excluding carboxylic acids is 1. The number of nitrogens with zero attached hydrogens (tertiary/aromatic N) is 3. The quantitative estimate of drug-likeness (QED) is 0.903. The number of hydrogen-bond donors (Lipinski definition) is 1. The van der Waals surface area contributed by atoms with Gasteiger partial charge in [-0.3, -0.25) is 4.79 Å². The summed E-state index contributed by atoms with van der Waals surface area (Å²) >= 11 is 6.09. The molecule has 1 heterocycles. The van der Waals surface area contributed by atoms with Crippen LogP contribution in [0.3, 0.4) is 0 Å². The summed E-state index contributed by atoms with van der Waals surface area (Å²) in [4.78, 5) is 12.6. The monoisotopic (exact) mass is 362 g/mol. The van der Waals surface area contributed by atoms with E-state index in [9.17, 15) is 4.79 Å². The molecule has 1 aliphatic carbocycles. The van der Waals surface area contributed by atoms with Gasteiger partial charge in [0.05, 0.1) is 12.8 Å². The molecule has 2 aromatic rings. The zero-order valence-corrected chi connectivity index (χ0v) is 15.5. The fourth-order valence-corrected chi connectivity index (χ4v) is 3.42. The van der Waals surface area contributed by atoms with Gasteiger partial charge < -0.3 is 10.1 Å². The van der Waals surface area contributed by atoms with Gasteiger partial charge in [0.2, 0.25) is 0 Å². The first kappa shape index (κ1) is 17.7. The molecule has 1 aromatic heterocycles. The molecular formula is C18H23ClN4O2. The Labute approximate surface area is 152 Å². The summed E-state index contributed by atoms with van der Waals surface area (Å²) in [5.74, 6) is 1.18. The molecule has 1 saturated carbocycles. The summed E-state index contributed by atoms with van der Waals surface area (Å²) in [6.45, 7) is 4.07. The summed E-state index contributed by atoms with van der Waals surface area (Å²) in [5, 5.41) is 11.9. The number of benzene rings is 1. The summed E-state index contributed by atoms with van der Waals surface area (Å²) < 4.78 is 6.95. The van der Waals surface area contributed by atoms with Gasteiger partial charge in [-0.2, -0.15) is 0 Å². The molecular weight excluding hydrogens is 340 g/mol. The average molecular weight is 363 g/mol. The molecule has 0 unspecified atom stereocenters. The topological polar surface area (TPSA) is 69.0 Å². The van der Waals surface area contributed by atoms with Crippen molar-refractivity contribution < 1.29 is 9.53 Å². The molecule has 6 nitrogen and oxygen atoms in total. The summed E-state index contributed by atoms with van der Waals surface area (Å²) in [7, 11) is 1.58. The maximum atomic E-state index is 12.6. The molecule has 0 atom stereocenters. The first-order valence-corrected chi connectivity index (χ1v) is 8.94. The van der Waals surface area contributed by atoms with E-state index in [1.807, 2.05) is 6.92 Å². The molecule has 25 heavy (non-hydrogen) atoms. The van der Waals surface area contributed by atoms with Crippen LogP contribution < -0.4 is 10.1 Å². The van der Waals surface area contributed by atoms with E-state index < -0.39 is 0 Å². The Balaban J connectivity index is 1.81. The van der Waals surface area contributed by atoms with Gasteiger partial charge in [0.15, 0.2) is 5.69 Å². The molecule has 0 radical (unpaired) electrons. The fraction of sp³-hybridized carbons (Fsp3) is 0.500. The van der Waals surface area contributed by atoms with E-state index >= 15 is 0 Å². The minimum atomic E-state index is -0.177. The number of methoxy groups -OCH3 is 1. The maximum absolute atomic E-state index is 12.6. The summed E-state index contributed by atoms with van der Waals surface area (Å²) in [6, 6.07) is 5.47. The van der Waals surface area contributed by atoms with E-state index in [0.29, 0.717) is 27.8 Å². The molecule has 1 aromatic carbocycles. The highest BCUT2D eigenvalue weighted by molar-refractivity contribution is 6.30. The van der Waals surface area contributed by atoms with Gasteiger partial charge in [-0.1, -0.05) is 23.7 Å². The van der Waals surface area contributed by atoms with Crippen molar-refractivity contribution >= 4 is 17.5 Å². The second-order valence-corrected chi connectivity index (χ2v) is 7.12. The lowest BCUT2D eigenvalue weighted by molar-refractivity contribution is 0.0917. The fourth-order valence-electron chi connectivity index (χ4n) is 3.25. The van der Waals surface area contributed by atoms with Crippen molar-refractivity contribution in [2.45, 2.75) is 45.6 Å². The average Bonchev–Trinajstić information content (AvgIpc) is 2.98. The van der Waals surface area contributed by atoms with E-state index in [1.54, 1.807) is 30.0 Å². The number of aromatic nitrogens is 3. The van der Waals surface area contributed by atoms with Crippen molar-refractivity contribution in [1.82, 2.24) is 20.3 Å². The summed E-state index contributed by atoms with van der Waals surface area (Å²) in [5.41, 5.74) is 1.65. The molecule has 0 aliphatic heterocycles. The predicted octanol–water partition coefficient (Wildman–Crippen LogP) is 3.55. The molecule has 0 bridgehead atoms. The van der Waals surface area contributed by atoms with Crippen LogP contribution >= 0.6 is 11.6 Å². The largest absolute Gasteiger partial charge is 0.494 e. The Bertz CT molecular complexity index is 766. The highest BCUT2D eigenvalue weighted by atomic mass is 35.5. The smallest absolute Gasteiger partial charge is 0.273 e. The van der Waals surface area contributed by atoms with Gasteiger partial charge in [-0.15, -0.1) is 5.10 Å². The maximum Gasteiger partial charge on any atom is 0.273 e. The van der Waals surface area contributed by atoms with Crippen molar-refractivity contribution in [2.24, 2.45) is 5.92 Å². The number of rotatable bonds is 4. The Morgan fingerprint density at radius 1 is 1.32 bits per heavy atom. The van der Waals surface area contributed by atoms with Crippen molar-refractivity contribution in [3.63, 3.8) is 0 Å². The predicted molar refractivity (Wildman–Crippen MR) is 96.5 cm³/mol. The molecule has 0 saturated heterocycles. The van der Waals surface area contributed by atoms with Gasteiger partial charge >= 0.3 is 0 Å². The standard InChI is InChI=1S/C18H23ClN4O2/c1-11-4-7-14(8-5-11)20-18(24)17-12(2)23(22-21-17)15-10-13(19)6-9-16(15)25-3/h6,9-11,14H,4-5,7-8H2,1-3H3,(H,20,24). The van der Waals surface area contributed by atoms with Crippen LogP contribution in [0.1, 0.15) is 48.8 Å². The molecule has 3 rings (SSSR count). The van der Waals surface area contributed by atoms with Crippen molar-refractivity contribution in [3.05, 3.63) is 34.6 Å². The Hall–Kier alpha value is -2.08. The van der Waals surface area contributed by atoms with Gasteiger partial charge in [0.25, 0.3) is 5.91 Å². The summed E-state index contributed by atoms with van der Waals surface area (Å²) in [6.07, 6.45) is 4.33. The van der Waals surface area contributed by atoms with Crippen LogP contribution in [0.25, 0.3) is 5.69 Å². The third kappa shape index (κ3) is 3.79. The van der Waals surface area contributed by atoms with E-state index in [4.69, 9.17) is 16.3 Å². The highest BCUT2D eigenvalue weighted by Gasteiger charge is 2.24. The van der Waals surface area contributed by atoms with Crippen LogP contribution in [0, 0.1) is 12.8 Å². The van der Waals surface area contributed by atoms with Gasteiger partial charge in [-0.05, 0) is 56.7 Å². The van der Waals surface area contributed by atoms with Gasteiger partial charge in [0, 0.05) is 11.1 Å². The molecule has 134 valence electrons. The lowest BCUT2D eigenvalue weighted by Gasteiger charge is -2.26. The van der Waals surface area contributed by atoms with E-state index in [-0.39, 0.29) is 11.9 Å². The minimum Gasteiger partial charge on any atom is -0.494 e. The zero-order chi connectivity index (χ0) is 18.0. The highest BCUT2D eigenvalue weighted by Crippen LogP contribution is 2.27. The van der Waals surface area contributed by atoms with Crippen LogP contribution in [-0.4, -0.2) is 34.1 Å². The number of halogens is 1. The SMILES string of the molecule is COc1ccc(Cl)cc1-n1nnc(C(=O)NC2CCC(C)CC2)c1C. The molecule has 7 heteroatoms. The molecule has 1 fully saturated rings. The Morgan fingerprint density at radius 3 is 2.72 bits per heavy atom. The Morgan fingerprint density at radius 2 is 2.04 bits per heavy atom. The second kappa shape index (κ2) is 7.44. The molecule has 1 aliphatic rings. The molecule has 1 amide bonds. The van der Waals surface area contributed by atoms with Crippen molar-refractivity contribution in [1.29, 1.82) is 0 Å². The Kier molecular flexibility index (Phi) is 5.27. The molecule has 0 spiro atoms. The number of amides is 1. The third-order valence-electron chi connectivity index (χ3n) is 4.83. The third-order valence-corrected chi connectivity index (χ3v) is 5.06. The lowest BCUT2D eigenvalue weighted by atomic mass is 9.87. The zero-order valence-electron chi connectivity index (χ0n) is 14.8. The van der Waals surface area contributed by atoms with Crippen molar-refractivity contribution in [3.8, 4) is 11.4 Å². The van der Waals surface area contributed by atoms with Crippen LogP contribution in [-0.2, 0) is 0 Å². The normalized spacial score (nSPS) is 20.3. The van der Waals surface area contributed by atoms with E-state index in [0.717, 1.165) is 31.6 Å². The van der Waals surface area contributed by atoms with E-state index in [1.165, 1.54) is 0 Å². The minimum absolute atomic E-state index is 0.177. The van der Waals surface area contributed by atoms with Crippen LogP contribution in [0.4, 0.5) is 0 Å². The van der Waals surface area contributed by atoms with Crippen molar-refractivity contribution in [2.75, 3.05) is 7.11 Å². The lowest BCUT2D eigenvalue weighted by Crippen LogP contribution is -2.37.